The van der Waals surface area contributed by atoms with E-state index < -0.39 is 46.4 Å². The molecule has 3 aliphatic rings. The second-order valence-corrected chi connectivity index (χ2v) is 14.8. The Morgan fingerprint density at radius 1 is 1.09 bits per heavy atom. The van der Waals surface area contributed by atoms with Crippen molar-refractivity contribution in [3.05, 3.63) is 65.2 Å². The van der Waals surface area contributed by atoms with Crippen molar-refractivity contribution in [3.63, 3.8) is 0 Å². The lowest BCUT2D eigenvalue weighted by Crippen LogP contribution is -2.55. The Kier molecular flexibility index (Phi) is 11.6. The number of piperazine rings is 1. The molecule has 6 N–H and O–H groups in total. The van der Waals surface area contributed by atoms with Gasteiger partial charge in [-0.2, -0.15) is 0 Å². The van der Waals surface area contributed by atoms with E-state index >= 15 is 4.39 Å². The third kappa shape index (κ3) is 8.36. The first-order valence-electron chi connectivity index (χ1n) is 16.3. The number of carboxylic acid groups (broad SMARTS) is 1. The van der Waals surface area contributed by atoms with Crippen molar-refractivity contribution in [3.8, 4) is 0 Å². The van der Waals surface area contributed by atoms with Crippen molar-refractivity contribution in [2.45, 2.75) is 88.4 Å². The minimum atomic E-state index is -2.93. The normalized spacial score (nSPS) is 27.9. The summed E-state index contributed by atoms with van der Waals surface area (Å²) in [6.45, 7) is 3.57. The van der Waals surface area contributed by atoms with E-state index in [9.17, 15) is 28.2 Å². The van der Waals surface area contributed by atoms with E-state index in [-0.39, 0.29) is 41.8 Å². The lowest BCUT2D eigenvalue weighted by atomic mass is 9.72. The number of anilines is 1. The predicted molar refractivity (Wildman–Crippen MR) is 174 cm³/mol. The van der Waals surface area contributed by atoms with Gasteiger partial charge in [0.25, 0.3) is 0 Å². The molecule has 254 valence electrons. The smallest absolute Gasteiger partial charge is 0.405 e. The molecule has 2 aliphatic heterocycles. The predicted octanol–water partition coefficient (Wildman–Crippen LogP) is 5.95. The Morgan fingerprint density at radius 2 is 1.83 bits per heavy atom. The SMILES string of the molecule is CCOC1CCC([C@H](c2ccc(F)cc2)[C@H](NC(=O)O)C(=O)Nc2cccc(F)c2CC[C@H]2CN[C@@H]3CCCS(O)(O)N2C3)CC1. The molecule has 1 unspecified atom stereocenters. The minimum Gasteiger partial charge on any atom is -0.465 e. The van der Waals surface area contributed by atoms with Gasteiger partial charge in [-0.25, -0.2) is 17.9 Å². The number of rotatable bonds is 11. The van der Waals surface area contributed by atoms with E-state index in [4.69, 9.17) is 4.74 Å². The Hall–Kier alpha value is -2.81. The standard InChI is InChI=1S/C33H46F2N4O6S/c1-2-45-26-15-10-22(11-16-26)30(21-8-12-23(34)13-9-21)31(38-33(41)42)32(40)37-29-7-3-6-28(35)27(29)17-14-25-19-36-24-5-4-18-46(43,44)39(25)20-24/h3,6-9,12-13,22,24-26,30-31,36,38,43-44H,2,4-5,10-11,14-20H2,1H3,(H,37,40)(H,41,42)/t22?,24-,25+,26?,30+,31+/m1/s1. The first-order valence-corrected chi connectivity index (χ1v) is 17.9. The summed E-state index contributed by atoms with van der Waals surface area (Å²) in [5.74, 6) is -1.99. The molecule has 13 heteroatoms. The van der Waals surface area contributed by atoms with Crippen LogP contribution in [0.1, 0.15) is 68.9 Å². The molecule has 46 heavy (non-hydrogen) atoms. The van der Waals surface area contributed by atoms with E-state index in [0.717, 1.165) is 19.3 Å². The van der Waals surface area contributed by atoms with Gasteiger partial charge in [0, 0.05) is 48.9 Å². The molecule has 1 aliphatic carbocycles. The maximum Gasteiger partial charge on any atom is 0.405 e. The molecular formula is C33H46F2N4O6S. The summed E-state index contributed by atoms with van der Waals surface area (Å²) >= 11 is 0. The maximum absolute atomic E-state index is 15.4. The molecule has 2 aromatic rings. The molecule has 1 saturated carbocycles. The molecular weight excluding hydrogens is 618 g/mol. The van der Waals surface area contributed by atoms with Gasteiger partial charge in [-0.1, -0.05) is 18.2 Å². The lowest BCUT2D eigenvalue weighted by Gasteiger charge is -2.49. The Morgan fingerprint density at radius 3 is 2.52 bits per heavy atom. The highest BCUT2D eigenvalue weighted by Gasteiger charge is 2.40. The van der Waals surface area contributed by atoms with Crippen LogP contribution in [0.5, 0.6) is 0 Å². The van der Waals surface area contributed by atoms with Crippen LogP contribution >= 0.6 is 10.8 Å². The summed E-state index contributed by atoms with van der Waals surface area (Å²) in [6.07, 6.45) is 3.80. The lowest BCUT2D eigenvalue weighted by molar-refractivity contribution is -0.119. The molecule has 2 bridgehead atoms. The average Bonchev–Trinajstić information content (AvgIpc) is 3.13. The number of nitrogens with zero attached hydrogens (tertiary/aromatic N) is 1. The van der Waals surface area contributed by atoms with E-state index in [1.54, 1.807) is 22.5 Å². The molecule has 2 saturated heterocycles. The fourth-order valence-electron chi connectivity index (χ4n) is 7.45. The van der Waals surface area contributed by atoms with Crippen LogP contribution in [0.25, 0.3) is 0 Å². The van der Waals surface area contributed by atoms with Crippen LogP contribution in [0.4, 0.5) is 19.3 Å². The third-order valence-corrected chi connectivity index (χ3v) is 11.7. The Bertz CT molecular complexity index is 1340. The van der Waals surface area contributed by atoms with Crippen molar-refractivity contribution in [2.24, 2.45) is 5.92 Å². The highest BCUT2D eigenvalue weighted by Crippen LogP contribution is 2.49. The zero-order valence-electron chi connectivity index (χ0n) is 26.2. The number of benzene rings is 2. The van der Waals surface area contributed by atoms with Crippen molar-refractivity contribution in [1.29, 1.82) is 0 Å². The number of amides is 2. The van der Waals surface area contributed by atoms with E-state index in [2.05, 4.69) is 16.0 Å². The Labute approximate surface area is 270 Å². The summed E-state index contributed by atoms with van der Waals surface area (Å²) in [5, 5.41) is 18.5. The zero-order chi connectivity index (χ0) is 32.8. The van der Waals surface area contributed by atoms with Gasteiger partial charge in [-0.05, 0) is 94.0 Å². The Balaban J connectivity index is 1.38. The summed E-state index contributed by atoms with van der Waals surface area (Å²) in [4.78, 5) is 26.1. The topological polar surface area (TPSA) is 143 Å². The first kappa shape index (κ1) is 34.5. The van der Waals surface area contributed by atoms with Crippen LogP contribution in [-0.4, -0.2) is 80.2 Å². The number of hydrogen-bond acceptors (Lipinski definition) is 7. The molecule has 10 nitrogen and oxygen atoms in total. The van der Waals surface area contributed by atoms with Gasteiger partial charge >= 0.3 is 6.09 Å². The molecule has 0 aromatic heterocycles. The van der Waals surface area contributed by atoms with Gasteiger partial charge in [-0.3, -0.25) is 13.9 Å². The number of ether oxygens (including phenoxy) is 1. The molecule has 0 spiro atoms. The van der Waals surface area contributed by atoms with Gasteiger partial charge in [-0.15, -0.1) is 10.8 Å². The van der Waals surface area contributed by atoms with Crippen LogP contribution in [0.2, 0.25) is 0 Å². The number of carbonyl (C=O) groups is 2. The van der Waals surface area contributed by atoms with Crippen LogP contribution in [0.15, 0.2) is 42.5 Å². The van der Waals surface area contributed by atoms with Crippen molar-refractivity contribution >= 4 is 28.5 Å². The summed E-state index contributed by atoms with van der Waals surface area (Å²) in [5.41, 5.74) is 1.12. The van der Waals surface area contributed by atoms with Gasteiger partial charge in [0.15, 0.2) is 0 Å². The molecule has 5 atom stereocenters. The fraction of sp³-hybridized carbons (Fsp3) is 0.576. The highest BCUT2D eigenvalue weighted by molar-refractivity contribution is 8.22. The van der Waals surface area contributed by atoms with E-state index in [1.807, 2.05) is 6.92 Å². The van der Waals surface area contributed by atoms with E-state index in [1.165, 1.54) is 24.3 Å². The molecule has 2 amide bonds. The molecule has 2 heterocycles. The van der Waals surface area contributed by atoms with E-state index in [0.29, 0.717) is 56.7 Å². The van der Waals surface area contributed by atoms with Crippen molar-refractivity contribution in [2.75, 3.05) is 30.8 Å². The molecule has 0 radical (unpaired) electrons. The highest BCUT2D eigenvalue weighted by atomic mass is 32.3. The number of hydrogen-bond donors (Lipinski definition) is 6. The van der Waals surface area contributed by atoms with Gasteiger partial charge < -0.3 is 25.8 Å². The van der Waals surface area contributed by atoms with Crippen molar-refractivity contribution < 1.29 is 37.3 Å². The number of halogens is 2. The second kappa shape index (κ2) is 15.4. The minimum absolute atomic E-state index is 0.0901. The summed E-state index contributed by atoms with van der Waals surface area (Å²) in [7, 11) is -2.93. The molecule has 5 rings (SSSR count). The molecule has 2 aromatic carbocycles. The van der Waals surface area contributed by atoms with Crippen LogP contribution in [0, 0.1) is 17.6 Å². The van der Waals surface area contributed by atoms with Gasteiger partial charge in [0.2, 0.25) is 5.91 Å². The van der Waals surface area contributed by atoms with Crippen molar-refractivity contribution in [1.82, 2.24) is 14.9 Å². The largest absolute Gasteiger partial charge is 0.465 e. The maximum atomic E-state index is 15.4. The van der Waals surface area contributed by atoms with Crippen LogP contribution in [0.3, 0.4) is 0 Å². The van der Waals surface area contributed by atoms with Crippen LogP contribution in [-0.2, 0) is 16.0 Å². The van der Waals surface area contributed by atoms with Gasteiger partial charge in [0.05, 0.1) is 11.9 Å². The average molecular weight is 665 g/mol. The number of nitrogens with one attached hydrogen (secondary N) is 3. The first-order chi connectivity index (χ1) is 22.1. The number of fused-ring (bicyclic) bond motifs is 2. The zero-order valence-corrected chi connectivity index (χ0v) is 27.0. The quantitative estimate of drug-likeness (QED) is 0.173. The van der Waals surface area contributed by atoms with Crippen LogP contribution < -0.4 is 16.0 Å². The third-order valence-electron chi connectivity index (χ3n) is 9.70. The summed E-state index contributed by atoms with van der Waals surface area (Å²) < 4.78 is 58.5. The second-order valence-electron chi connectivity index (χ2n) is 12.6. The fourth-order valence-corrected chi connectivity index (χ4v) is 9.31. The van der Waals surface area contributed by atoms with Gasteiger partial charge in [0.1, 0.15) is 17.7 Å². The number of carbonyl (C=O) groups excluding carboxylic acids is 1. The monoisotopic (exact) mass is 664 g/mol. The summed E-state index contributed by atoms with van der Waals surface area (Å²) in [6, 6.07) is 8.86. The molecule has 3 fully saturated rings.